The highest BCUT2D eigenvalue weighted by molar-refractivity contribution is 6.16. The van der Waals surface area contributed by atoms with Crippen molar-refractivity contribution in [2.45, 2.75) is 13.8 Å². The van der Waals surface area contributed by atoms with Crippen molar-refractivity contribution in [3.63, 3.8) is 0 Å². The third-order valence-corrected chi connectivity index (χ3v) is 12.8. The predicted octanol–water partition coefficient (Wildman–Crippen LogP) is 17.2. The molecule has 0 aliphatic carbocycles. The molecule has 10 aromatic carbocycles. The molecule has 0 N–H and O–H groups in total. The van der Waals surface area contributed by atoms with Gasteiger partial charge in [0.05, 0.1) is 11.4 Å². The van der Waals surface area contributed by atoms with Crippen LogP contribution in [0.15, 0.2) is 207 Å². The molecule has 0 bridgehead atoms. The van der Waals surface area contributed by atoms with E-state index in [4.69, 9.17) is 13.3 Å². The van der Waals surface area contributed by atoms with E-state index in [0.29, 0.717) is 0 Å². The van der Waals surface area contributed by atoms with Crippen LogP contribution < -0.4 is 9.80 Å². The second kappa shape index (κ2) is 13.6. The molecule has 0 saturated heterocycles. The quantitative estimate of drug-likeness (QED) is 0.167. The lowest BCUT2D eigenvalue weighted by atomic mass is 10.0. The van der Waals surface area contributed by atoms with E-state index in [1.54, 1.807) is 0 Å². The normalized spacial score (nSPS) is 12.0. The number of rotatable bonds is 6. The number of hydrogen-bond donors (Lipinski definition) is 0. The van der Waals surface area contributed by atoms with E-state index in [2.05, 4.69) is 194 Å². The van der Waals surface area contributed by atoms with Crippen LogP contribution in [0.3, 0.4) is 0 Å². The van der Waals surface area contributed by atoms with Gasteiger partial charge in [0.15, 0.2) is 11.2 Å². The molecule has 5 nitrogen and oxygen atoms in total. The average Bonchev–Trinajstić information content (AvgIpc) is 4.00. The summed E-state index contributed by atoms with van der Waals surface area (Å²) in [4.78, 5) is 4.66. The van der Waals surface area contributed by atoms with Gasteiger partial charge in [-0.1, -0.05) is 109 Å². The number of hydrogen-bond acceptors (Lipinski definition) is 5. The van der Waals surface area contributed by atoms with E-state index in [-0.39, 0.29) is 0 Å². The molecule has 0 atom stereocenters. The van der Waals surface area contributed by atoms with Crippen molar-refractivity contribution >= 4 is 121 Å². The van der Waals surface area contributed by atoms with Crippen LogP contribution in [0, 0.1) is 13.8 Å². The molecule has 0 amide bonds. The number of nitrogens with zero attached hydrogens (tertiary/aromatic N) is 2. The van der Waals surface area contributed by atoms with Crippen LogP contribution in [0.25, 0.3) is 87.4 Å². The maximum absolute atomic E-state index is 6.64. The minimum Gasteiger partial charge on any atom is -0.456 e. The Morgan fingerprint density at radius 2 is 0.698 bits per heavy atom. The number of furan rings is 3. The fourth-order valence-corrected chi connectivity index (χ4v) is 9.78. The number of para-hydroxylation sites is 6. The molecule has 63 heavy (non-hydrogen) atoms. The first-order chi connectivity index (χ1) is 31.0. The number of aryl methyl sites for hydroxylation is 2. The van der Waals surface area contributed by atoms with E-state index in [1.807, 2.05) is 24.3 Å². The third kappa shape index (κ3) is 5.49. The van der Waals surface area contributed by atoms with Gasteiger partial charge in [0.25, 0.3) is 0 Å². The summed E-state index contributed by atoms with van der Waals surface area (Å²) in [6.07, 6.45) is 0. The second-order valence-corrected chi connectivity index (χ2v) is 16.6. The van der Waals surface area contributed by atoms with Crippen LogP contribution in [0.1, 0.15) is 11.1 Å². The summed E-state index contributed by atoms with van der Waals surface area (Å²) in [5.41, 5.74) is 13.8. The van der Waals surface area contributed by atoms with Gasteiger partial charge >= 0.3 is 0 Å². The summed E-state index contributed by atoms with van der Waals surface area (Å²) >= 11 is 0. The number of anilines is 6. The minimum absolute atomic E-state index is 0.861. The standard InChI is InChI=1S/C58H38N2O3/c1-35-13-3-7-19-49(35)59(51-21-11-17-45-43-15-5-9-23-53(43)62-57(45)51)41-27-25-37-33-55-47(31-39(37)29-41)48-32-40-30-42(28-26-38(40)34-56(48)61-55)60(50-20-8-4-14-36(50)2)52-22-12-18-46-44-16-6-10-24-54(44)63-58(46)52/h3-34H,1-2H3. The average molecular weight is 811 g/mol. The molecular weight excluding hydrogens is 773 g/mol. The summed E-state index contributed by atoms with van der Waals surface area (Å²) in [7, 11) is 0. The molecule has 298 valence electrons. The Hall–Kier alpha value is -8.28. The Bertz CT molecular complexity index is 3720. The van der Waals surface area contributed by atoms with Gasteiger partial charge in [-0.3, -0.25) is 0 Å². The fourth-order valence-electron chi connectivity index (χ4n) is 9.78. The number of fused-ring (bicyclic) bond motifs is 11. The van der Waals surface area contributed by atoms with Crippen molar-refractivity contribution < 1.29 is 13.3 Å². The Balaban J connectivity index is 0.978. The van der Waals surface area contributed by atoms with Gasteiger partial charge < -0.3 is 23.1 Å². The Morgan fingerprint density at radius 3 is 1.17 bits per heavy atom. The zero-order valence-electron chi connectivity index (χ0n) is 34.6. The highest BCUT2D eigenvalue weighted by atomic mass is 16.3. The lowest BCUT2D eigenvalue weighted by Crippen LogP contribution is -2.11. The molecule has 0 radical (unpaired) electrons. The zero-order chi connectivity index (χ0) is 41.8. The van der Waals surface area contributed by atoms with Crippen molar-refractivity contribution in [2.24, 2.45) is 0 Å². The van der Waals surface area contributed by atoms with Crippen LogP contribution in [-0.2, 0) is 0 Å². The molecule has 0 aliphatic heterocycles. The van der Waals surface area contributed by atoms with Crippen molar-refractivity contribution in [3.05, 3.63) is 205 Å². The van der Waals surface area contributed by atoms with Crippen LogP contribution >= 0.6 is 0 Å². The maximum atomic E-state index is 6.64. The first-order valence-electron chi connectivity index (χ1n) is 21.4. The van der Waals surface area contributed by atoms with E-state index in [9.17, 15) is 0 Å². The van der Waals surface area contributed by atoms with Crippen LogP contribution in [-0.4, -0.2) is 0 Å². The van der Waals surface area contributed by atoms with E-state index in [0.717, 1.165) is 121 Å². The minimum atomic E-state index is 0.861. The summed E-state index contributed by atoms with van der Waals surface area (Å²) in [6.45, 7) is 4.33. The summed E-state index contributed by atoms with van der Waals surface area (Å²) in [5, 5.41) is 11.0. The first-order valence-corrected chi connectivity index (χ1v) is 21.4. The van der Waals surface area contributed by atoms with E-state index in [1.165, 1.54) is 11.1 Å². The van der Waals surface area contributed by atoms with Crippen LogP contribution in [0.5, 0.6) is 0 Å². The Labute approximate surface area is 362 Å². The SMILES string of the molecule is Cc1ccccc1N(c1ccc2cc3oc4cc5ccc(N(c6ccccc6C)c6cccc7c6oc6ccccc67)cc5cc4c3cc2c1)c1cccc2c1oc1ccccc12. The van der Waals surface area contributed by atoms with Gasteiger partial charge in [0, 0.05) is 55.1 Å². The highest BCUT2D eigenvalue weighted by Crippen LogP contribution is 2.46. The molecule has 3 aromatic heterocycles. The Morgan fingerprint density at radius 1 is 0.286 bits per heavy atom. The third-order valence-electron chi connectivity index (χ3n) is 12.8. The molecule has 0 spiro atoms. The molecule has 0 fully saturated rings. The van der Waals surface area contributed by atoms with Crippen molar-refractivity contribution in [1.29, 1.82) is 0 Å². The molecular formula is C58H38N2O3. The summed E-state index contributed by atoms with van der Waals surface area (Å²) in [5.74, 6) is 0. The van der Waals surface area contributed by atoms with Gasteiger partial charge in [0.1, 0.15) is 22.3 Å². The van der Waals surface area contributed by atoms with Crippen LogP contribution in [0.2, 0.25) is 0 Å². The fraction of sp³-hybridized carbons (Fsp3) is 0.0345. The second-order valence-electron chi connectivity index (χ2n) is 16.6. The molecule has 0 aliphatic rings. The van der Waals surface area contributed by atoms with E-state index < -0.39 is 0 Å². The number of benzene rings is 10. The largest absolute Gasteiger partial charge is 0.456 e. The zero-order valence-corrected chi connectivity index (χ0v) is 34.6. The van der Waals surface area contributed by atoms with Crippen molar-refractivity contribution in [2.75, 3.05) is 9.80 Å². The molecule has 13 rings (SSSR count). The van der Waals surface area contributed by atoms with Gasteiger partial charge in [0.2, 0.25) is 0 Å². The predicted molar refractivity (Wildman–Crippen MR) is 262 cm³/mol. The molecule has 0 saturated carbocycles. The highest BCUT2D eigenvalue weighted by Gasteiger charge is 2.23. The van der Waals surface area contributed by atoms with Crippen LogP contribution in [0.4, 0.5) is 34.1 Å². The van der Waals surface area contributed by atoms with Crippen molar-refractivity contribution in [3.8, 4) is 0 Å². The first kappa shape index (κ1) is 35.5. The van der Waals surface area contributed by atoms with E-state index >= 15 is 0 Å². The van der Waals surface area contributed by atoms with Crippen molar-refractivity contribution in [1.82, 2.24) is 0 Å². The monoisotopic (exact) mass is 810 g/mol. The smallest absolute Gasteiger partial charge is 0.159 e. The lowest BCUT2D eigenvalue weighted by molar-refractivity contribution is 0.668. The lowest BCUT2D eigenvalue weighted by Gasteiger charge is -2.27. The van der Waals surface area contributed by atoms with Gasteiger partial charge in [-0.2, -0.15) is 0 Å². The molecule has 13 aromatic rings. The molecule has 0 unspecified atom stereocenters. The Kier molecular flexibility index (Phi) is 7.67. The van der Waals surface area contributed by atoms with Gasteiger partial charge in [-0.25, -0.2) is 0 Å². The molecule has 5 heteroatoms. The van der Waals surface area contributed by atoms with Gasteiger partial charge in [-0.15, -0.1) is 0 Å². The summed E-state index contributed by atoms with van der Waals surface area (Å²) in [6, 6.07) is 68.8. The molecule has 3 heterocycles. The maximum Gasteiger partial charge on any atom is 0.159 e. The summed E-state index contributed by atoms with van der Waals surface area (Å²) < 4.78 is 19.9. The van der Waals surface area contributed by atoms with Gasteiger partial charge in [-0.05, 0) is 131 Å². The topological polar surface area (TPSA) is 45.9 Å².